The van der Waals surface area contributed by atoms with Gasteiger partial charge in [-0.2, -0.15) is 0 Å². The molecule has 4 nitrogen and oxygen atoms in total. The summed E-state index contributed by atoms with van der Waals surface area (Å²) in [5, 5.41) is 19.4. The van der Waals surface area contributed by atoms with E-state index in [0.29, 0.717) is 0 Å². The van der Waals surface area contributed by atoms with Crippen molar-refractivity contribution in [3.63, 3.8) is 0 Å². The maximum atomic E-state index is 9.70. The van der Waals surface area contributed by atoms with Gasteiger partial charge in [-0.05, 0) is 72.8 Å². The molecule has 0 aromatic heterocycles. The second kappa shape index (κ2) is 9.05. The Labute approximate surface area is 176 Å². The average molecular weight is 396 g/mol. The van der Waals surface area contributed by atoms with Crippen molar-refractivity contribution >= 4 is 22.7 Å². The molecule has 2 N–H and O–H groups in total. The third-order valence-electron chi connectivity index (χ3n) is 5.01. The molecule has 0 aliphatic rings. The van der Waals surface area contributed by atoms with Crippen LogP contribution < -0.4 is 9.80 Å². The van der Waals surface area contributed by atoms with E-state index in [-0.39, 0.29) is 11.5 Å². The van der Waals surface area contributed by atoms with E-state index in [1.54, 1.807) is 24.3 Å². The van der Waals surface area contributed by atoms with Gasteiger partial charge in [0.15, 0.2) is 0 Å². The minimum absolute atomic E-state index is 0.252. The molecule has 0 radical (unpaired) electrons. The van der Waals surface area contributed by atoms with Gasteiger partial charge < -0.3 is 20.0 Å². The van der Waals surface area contributed by atoms with Crippen molar-refractivity contribution in [3.8, 4) is 11.5 Å². The number of para-hydroxylation sites is 2. The Balaban J connectivity index is 1.65. The van der Waals surface area contributed by atoms with Crippen LogP contribution in [-0.4, -0.2) is 23.3 Å². The summed E-state index contributed by atoms with van der Waals surface area (Å²) in [5.74, 6) is 0.503. The molecule has 4 heteroatoms. The second-order valence-corrected chi connectivity index (χ2v) is 7.01. The van der Waals surface area contributed by atoms with Gasteiger partial charge in [0.1, 0.15) is 11.5 Å². The van der Waals surface area contributed by atoms with Gasteiger partial charge in [-0.3, -0.25) is 0 Å². The SMILES string of the molecule is Oc1ccc(N(CCN(c2ccccc2)c2ccc(O)cc2)c2ccccc2)cc1. The molecule has 0 saturated carbocycles. The molecule has 0 aliphatic heterocycles. The Hall–Kier alpha value is -3.92. The van der Waals surface area contributed by atoms with Gasteiger partial charge in [-0.25, -0.2) is 0 Å². The lowest BCUT2D eigenvalue weighted by molar-refractivity contribution is 0.475. The summed E-state index contributed by atoms with van der Waals surface area (Å²) in [6.45, 7) is 1.45. The zero-order chi connectivity index (χ0) is 20.8. The highest BCUT2D eigenvalue weighted by atomic mass is 16.3. The molecule has 0 aliphatic carbocycles. The number of phenolic OH excluding ortho intramolecular Hbond substituents is 2. The van der Waals surface area contributed by atoms with Crippen LogP contribution in [0.3, 0.4) is 0 Å². The van der Waals surface area contributed by atoms with E-state index < -0.39 is 0 Å². The Morgan fingerprint density at radius 2 is 0.700 bits per heavy atom. The molecule has 4 rings (SSSR count). The summed E-state index contributed by atoms with van der Waals surface area (Å²) in [7, 11) is 0. The number of rotatable bonds is 7. The minimum Gasteiger partial charge on any atom is -0.508 e. The van der Waals surface area contributed by atoms with Crippen LogP contribution in [0.4, 0.5) is 22.7 Å². The van der Waals surface area contributed by atoms with Gasteiger partial charge in [0, 0.05) is 35.8 Å². The van der Waals surface area contributed by atoms with E-state index in [4.69, 9.17) is 0 Å². The van der Waals surface area contributed by atoms with Crippen LogP contribution in [0.5, 0.6) is 11.5 Å². The lowest BCUT2D eigenvalue weighted by Gasteiger charge is -2.31. The fourth-order valence-corrected chi connectivity index (χ4v) is 3.50. The van der Waals surface area contributed by atoms with Crippen LogP contribution in [0, 0.1) is 0 Å². The molecular weight excluding hydrogens is 372 g/mol. The Bertz CT molecular complexity index is 961. The summed E-state index contributed by atoms with van der Waals surface area (Å²) in [5.41, 5.74) is 4.19. The van der Waals surface area contributed by atoms with Crippen molar-refractivity contribution in [2.75, 3.05) is 22.9 Å². The minimum atomic E-state index is 0.252. The molecule has 0 spiro atoms. The number of anilines is 4. The number of hydrogen-bond acceptors (Lipinski definition) is 4. The van der Waals surface area contributed by atoms with Gasteiger partial charge in [0.25, 0.3) is 0 Å². The van der Waals surface area contributed by atoms with Crippen molar-refractivity contribution < 1.29 is 10.2 Å². The van der Waals surface area contributed by atoms with E-state index in [2.05, 4.69) is 34.1 Å². The molecule has 0 unspecified atom stereocenters. The molecule has 0 fully saturated rings. The summed E-state index contributed by atoms with van der Waals surface area (Å²) >= 11 is 0. The van der Waals surface area contributed by atoms with E-state index in [9.17, 15) is 10.2 Å². The highest BCUT2D eigenvalue weighted by Crippen LogP contribution is 2.30. The normalized spacial score (nSPS) is 10.5. The summed E-state index contributed by atoms with van der Waals surface area (Å²) in [6.07, 6.45) is 0. The number of aromatic hydroxyl groups is 2. The first-order valence-corrected chi connectivity index (χ1v) is 9.94. The monoisotopic (exact) mass is 396 g/mol. The maximum absolute atomic E-state index is 9.70. The predicted molar refractivity (Wildman–Crippen MR) is 123 cm³/mol. The fraction of sp³-hybridized carbons (Fsp3) is 0.0769. The van der Waals surface area contributed by atoms with Crippen molar-refractivity contribution in [3.05, 3.63) is 109 Å². The molecule has 30 heavy (non-hydrogen) atoms. The molecular formula is C26H24N2O2. The number of nitrogens with zero attached hydrogens (tertiary/aromatic N) is 2. The Morgan fingerprint density at radius 3 is 1.03 bits per heavy atom. The molecule has 0 heterocycles. The topological polar surface area (TPSA) is 46.9 Å². The largest absolute Gasteiger partial charge is 0.508 e. The van der Waals surface area contributed by atoms with Crippen LogP contribution in [0.1, 0.15) is 0 Å². The molecule has 0 saturated heterocycles. The molecule has 0 amide bonds. The van der Waals surface area contributed by atoms with E-state index in [0.717, 1.165) is 35.8 Å². The zero-order valence-electron chi connectivity index (χ0n) is 16.6. The first-order valence-electron chi connectivity index (χ1n) is 9.94. The van der Waals surface area contributed by atoms with E-state index in [1.165, 1.54) is 0 Å². The van der Waals surface area contributed by atoms with Crippen LogP contribution in [0.2, 0.25) is 0 Å². The maximum Gasteiger partial charge on any atom is 0.115 e. The van der Waals surface area contributed by atoms with Crippen molar-refractivity contribution in [2.24, 2.45) is 0 Å². The highest BCUT2D eigenvalue weighted by Gasteiger charge is 2.14. The van der Waals surface area contributed by atoms with Crippen molar-refractivity contribution in [1.29, 1.82) is 0 Å². The zero-order valence-corrected chi connectivity index (χ0v) is 16.6. The molecule has 4 aromatic carbocycles. The first kappa shape index (κ1) is 19.4. The lowest BCUT2D eigenvalue weighted by atomic mass is 10.2. The lowest BCUT2D eigenvalue weighted by Crippen LogP contribution is -2.30. The molecule has 0 bridgehead atoms. The van der Waals surface area contributed by atoms with Crippen LogP contribution >= 0.6 is 0 Å². The van der Waals surface area contributed by atoms with Crippen molar-refractivity contribution in [1.82, 2.24) is 0 Å². The van der Waals surface area contributed by atoms with Crippen LogP contribution in [-0.2, 0) is 0 Å². The first-order chi connectivity index (χ1) is 14.7. The fourth-order valence-electron chi connectivity index (χ4n) is 3.50. The highest BCUT2D eigenvalue weighted by molar-refractivity contribution is 5.67. The molecule has 150 valence electrons. The number of benzene rings is 4. The summed E-state index contributed by atoms with van der Waals surface area (Å²) in [4.78, 5) is 4.46. The summed E-state index contributed by atoms with van der Waals surface area (Å²) in [6, 6.07) is 35.0. The third kappa shape index (κ3) is 4.55. The molecule has 0 atom stereocenters. The Kier molecular flexibility index (Phi) is 5.85. The quantitative estimate of drug-likeness (QED) is 0.398. The third-order valence-corrected chi connectivity index (χ3v) is 5.01. The smallest absolute Gasteiger partial charge is 0.115 e. The molecule has 4 aromatic rings. The van der Waals surface area contributed by atoms with Gasteiger partial charge >= 0.3 is 0 Å². The van der Waals surface area contributed by atoms with Gasteiger partial charge in [0.2, 0.25) is 0 Å². The van der Waals surface area contributed by atoms with E-state index >= 15 is 0 Å². The standard InChI is InChI=1S/C26H24N2O2/c29-25-15-11-23(12-16-25)27(21-7-3-1-4-8-21)19-20-28(22-9-5-2-6-10-22)24-13-17-26(30)18-14-24/h1-18,29-30H,19-20H2. The van der Waals surface area contributed by atoms with Crippen molar-refractivity contribution in [2.45, 2.75) is 0 Å². The van der Waals surface area contributed by atoms with Crippen LogP contribution in [0.15, 0.2) is 109 Å². The van der Waals surface area contributed by atoms with E-state index in [1.807, 2.05) is 60.7 Å². The number of hydrogen-bond donors (Lipinski definition) is 2. The predicted octanol–water partition coefficient (Wildman–Crippen LogP) is 6.07. The van der Waals surface area contributed by atoms with Crippen LogP contribution in [0.25, 0.3) is 0 Å². The second-order valence-electron chi connectivity index (χ2n) is 7.01. The van der Waals surface area contributed by atoms with Gasteiger partial charge in [0.05, 0.1) is 0 Å². The van der Waals surface area contributed by atoms with Gasteiger partial charge in [-0.1, -0.05) is 36.4 Å². The number of phenols is 2. The Morgan fingerprint density at radius 1 is 0.400 bits per heavy atom. The summed E-state index contributed by atoms with van der Waals surface area (Å²) < 4.78 is 0. The van der Waals surface area contributed by atoms with Gasteiger partial charge in [-0.15, -0.1) is 0 Å². The average Bonchev–Trinajstić information content (AvgIpc) is 2.80.